The first-order valence-corrected chi connectivity index (χ1v) is 7.22. The van der Waals surface area contributed by atoms with Gasteiger partial charge in [0, 0.05) is 18.7 Å². The molecule has 0 aromatic heterocycles. The van der Waals surface area contributed by atoms with Crippen molar-refractivity contribution in [1.82, 2.24) is 0 Å². The number of aliphatic hydroxyl groups excluding tert-OH is 1. The molecule has 1 heterocycles. The Kier molecular flexibility index (Phi) is 4.46. The van der Waals surface area contributed by atoms with Gasteiger partial charge >= 0.3 is 0 Å². The summed E-state index contributed by atoms with van der Waals surface area (Å²) < 4.78 is 14.1. The SMILES string of the molecule is CC(C)C1CCN(c2c(F)cccc2[C@@H](C)O)CC1. The molecule has 0 saturated carbocycles. The molecule has 1 fully saturated rings. The number of para-hydroxylation sites is 1. The van der Waals surface area contributed by atoms with E-state index in [1.165, 1.54) is 6.07 Å². The van der Waals surface area contributed by atoms with E-state index in [1.807, 2.05) is 6.07 Å². The lowest BCUT2D eigenvalue weighted by Gasteiger charge is -2.36. The third-order valence-corrected chi connectivity index (χ3v) is 4.27. The Bertz CT molecular complexity index is 423. The fourth-order valence-electron chi connectivity index (χ4n) is 2.99. The molecule has 0 radical (unpaired) electrons. The zero-order chi connectivity index (χ0) is 14.0. The molecule has 0 unspecified atom stereocenters. The Morgan fingerprint density at radius 2 is 1.84 bits per heavy atom. The number of halogens is 1. The quantitative estimate of drug-likeness (QED) is 0.899. The monoisotopic (exact) mass is 265 g/mol. The van der Waals surface area contributed by atoms with Crippen molar-refractivity contribution in [3.05, 3.63) is 29.6 Å². The van der Waals surface area contributed by atoms with Gasteiger partial charge in [-0.2, -0.15) is 0 Å². The summed E-state index contributed by atoms with van der Waals surface area (Å²) in [6, 6.07) is 4.97. The molecule has 0 aliphatic carbocycles. The second kappa shape index (κ2) is 5.91. The number of rotatable bonds is 3. The fourth-order valence-corrected chi connectivity index (χ4v) is 2.99. The second-order valence-electron chi connectivity index (χ2n) is 5.92. The Hall–Kier alpha value is -1.09. The zero-order valence-corrected chi connectivity index (χ0v) is 12.1. The van der Waals surface area contributed by atoms with Gasteiger partial charge in [-0.3, -0.25) is 0 Å². The molecule has 1 aromatic rings. The first kappa shape index (κ1) is 14.3. The molecule has 1 aliphatic heterocycles. The van der Waals surface area contributed by atoms with Crippen LogP contribution in [0.5, 0.6) is 0 Å². The Labute approximate surface area is 115 Å². The molecule has 0 spiro atoms. The topological polar surface area (TPSA) is 23.5 Å². The standard InChI is InChI=1S/C16H24FNO/c1-11(2)13-7-9-18(10-8-13)16-14(12(3)19)5-4-6-15(16)17/h4-6,11-13,19H,7-10H2,1-3H3/t12-/m1/s1. The zero-order valence-electron chi connectivity index (χ0n) is 12.1. The molecule has 2 rings (SSSR count). The van der Waals surface area contributed by atoms with E-state index >= 15 is 0 Å². The summed E-state index contributed by atoms with van der Waals surface area (Å²) in [7, 11) is 0. The summed E-state index contributed by atoms with van der Waals surface area (Å²) in [5.74, 6) is 1.21. The van der Waals surface area contributed by atoms with Crippen molar-refractivity contribution in [2.24, 2.45) is 11.8 Å². The lowest BCUT2D eigenvalue weighted by Crippen LogP contribution is -2.36. The summed E-state index contributed by atoms with van der Waals surface area (Å²) in [4.78, 5) is 2.09. The van der Waals surface area contributed by atoms with Crippen molar-refractivity contribution in [3.8, 4) is 0 Å². The van der Waals surface area contributed by atoms with Crippen molar-refractivity contribution in [3.63, 3.8) is 0 Å². The van der Waals surface area contributed by atoms with Gasteiger partial charge in [0.2, 0.25) is 0 Å². The fraction of sp³-hybridized carbons (Fsp3) is 0.625. The third-order valence-electron chi connectivity index (χ3n) is 4.27. The number of hydrogen-bond acceptors (Lipinski definition) is 2. The van der Waals surface area contributed by atoms with Crippen LogP contribution >= 0.6 is 0 Å². The van der Waals surface area contributed by atoms with Gasteiger partial charge in [0.15, 0.2) is 0 Å². The van der Waals surface area contributed by atoms with Crippen LogP contribution in [0.15, 0.2) is 18.2 Å². The number of piperidine rings is 1. The van der Waals surface area contributed by atoms with Crippen LogP contribution in [0.1, 0.15) is 45.3 Å². The van der Waals surface area contributed by atoms with Crippen molar-refractivity contribution in [2.75, 3.05) is 18.0 Å². The normalized spacial score (nSPS) is 18.9. The lowest BCUT2D eigenvalue weighted by molar-refractivity contribution is 0.198. The number of hydrogen-bond donors (Lipinski definition) is 1. The van der Waals surface area contributed by atoms with Crippen LogP contribution in [0.25, 0.3) is 0 Å². The third kappa shape index (κ3) is 3.08. The Balaban J connectivity index is 2.19. The molecule has 19 heavy (non-hydrogen) atoms. The number of nitrogens with zero attached hydrogens (tertiary/aromatic N) is 1. The predicted molar refractivity (Wildman–Crippen MR) is 76.8 cm³/mol. The van der Waals surface area contributed by atoms with Crippen LogP contribution in [0.4, 0.5) is 10.1 Å². The van der Waals surface area contributed by atoms with Crippen LogP contribution < -0.4 is 4.90 Å². The van der Waals surface area contributed by atoms with Crippen molar-refractivity contribution in [2.45, 2.75) is 39.7 Å². The molecule has 3 heteroatoms. The average Bonchev–Trinajstić information content (AvgIpc) is 2.38. The van der Waals surface area contributed by atoms with Gasteiger partial charge in [-0.25, -0.2) is 4.39 Å². The molecule has 106 valence electrons. The van der Waals surface area contributed by atoms with Gasteiger partial charge < -0.3 is 10.0 Å². The minimum Gasteiger partial charge on any atom is -0.389 e. The maximum atomic E-state index is 14.1. The van der Waals surface area contributed by atoms with Crippen LogP contribution in [0.3, 0.4) is 0 Å². The minimum atomic E-state index is -0.631. The number of benzene rings is 1. The molecule has 0 bridgehead atoms. The maximum Gasteiger partial charge on any atom is 0.146 e. The van der Waals surface area contributed by atoms with Gasteiger partial charge in [0.05, 0.1) is 11.8 Å². The Morgan fingerprint density at radius 1 is 1.21 bits per heavy atom. The van der Waals surface area contributed by atoms with E-state index in [-0.39, 0.29) is 5.82 Å². The first-order valence-electron chi connectivity index (χ1n) is 7.22. The van der Waals surface area contributed by atoms with Crippen molar-refractivity contribution >= 4 is 5.69 Å². The highest BCUT2D eigenvalue weighted by molar-refractivity contribution is 5.56. The summed E-state index contributed by atoms with van der Waals surface area (Å²) in [5.41, 5.74) is 1.29. The van der Waals surface area contributed by atoms with Crippen LogP contribution in [0.2, 0.25) is 0 Å². The van der Waals surface area contributed by atoms with E-state index in [1.54, 1.807) is 13.0 Å². The molecule has 1 N–H and O–H groups in total. The summed E-state index contributed by atoms with van der Waals surface area (Å²) >= 11 is 0. The van der Waals surface area contributed by atoms with E-state index in [2.05, 4.69) is 18.7 Å². The molecular formula is C16H24FNO. The molecule has 0 amide bonds. The molecule has 2 nitrogen and oxygen atoms in total. The highest BCUT2D eigenvalue weighted by atomic mass is 19.1. The highest BCUT2D eigenvalue weighted by Gasteiger charge is 2.25. The van der Waals surface area contributed by atoms with Gasteiger partial charge in [0.1, 0.15) is 5.82 Å². The highest BCUT2D eigenvalue weighted by Crippen LogP contribution is 2.33. The number of anilines is 1. The maximum absolute atomic E-state index is 14.1. The smallest absolute Gasteiger partial charge is 0.146 e. The van der Waals surface area contributed by atoms with Gasteiger partial charge in [-0.1, -0.05) is 26.0 Å². The molecular weight excluding hydrogens is 241 g/mol. The van der Waals surface area contributed by atoms with E-state index in [9.17, 15) is 9.50 Å². The van der Waals surface area contributed by atoms with Crippen molar-refractivity contribution in [1.29, 1.82) is 0 Å². The largest absolute Gasteiger partial charge is 0.389 e. The average molecular weight is 265 g/mol. The molecule has 1 aliphatic rings. The van der Waals surface area contributed by atoms with Crippen LogP contribution in [0, 0.1) is 17.7 Å². The van der Waals surface area contributed by atoms with Gasteiger partial charge in [-0.15, -0.1) is 0 Å². The Morgan fingerprint density at radius 3 is 2.37 bits per heavy atom. The van der Waals surface area contributed by atoms with E-state index in [0.717, 1.165) is 31.8 Å². The van der Waals surface area contributed by atoms with E-state index in [4.69, 9.17) is 0 Å². The second-order valence-corrected chi connectivity index (χ2v) is 5.92. The predicted octanol–water partition coefficient (Wildman–Crippen LogP) is 3.75. The van der Waals surface area contributed by atoms with Gasteiger partial charge in [-0.05, 0) is 37.7 Å². The van der Waals surface area contributed by atoms with Crippen LogP contribution in [-0.4, -0.2) is 18.2 Å². The van der Waals surface area contributed by atoms with E-state index < -0.39 is 6.10 Å². The molecule has 1 saturated heterocycles. The van der Waals surface area contributed by atoms with Crippen LogP contribution in [-0.2, 0) is 0 Å². The lowest BCUT2D eigenvalue weighted by atomic mass is 9.86. The molecule has 1 aromatic carbocycles. The minimum absolute atomic E-state index is 0.221. The van der Waals surface area contributed by atoms with Crippen molar-refractivity contribution < 1.29 is 9.50 Å². The summed E-state index contributed by atoms with van der Waals surface area (Å²) in [6.07, 6.45) is 1.57. The molecule has 1 atom stereocenters. The van der Waals surface area contributed by atoms with E-state index in [0.29, 0.717) is 17.2 Å². The summed E-state index contributed by atoms with van der Waals surface area (Å²) in [5, 5.41) is 9.81. The van der Waals surface area contributed by atoms with Gasteiger partial charge in [0.25, 0.3) is 0 Å². The number of aliphatic hydroxyl groups is 1. The summed E-state index contributed by atoms with van der Waals surface area (Å²) in [6.45, 7) is 7.96. The first-order chi connectivity index (χ1) is 9.00.